The molecule has 2 aromatic rings. The Morgan fingerprint density at radius 1 is 0.679 bits per heavy atom. The Morgan fingerprint density at radius 3 is 1.29 bits per heavy atom. The van der Waals surface area contributed by atoms with Gasteiger partial charge in [-0.25, -0.2) is 0 Å². The van der Waals surface area contributed by atoms with Crippen LogP contribution in [0, 0.1) is 0 Å². The molecule has 6 N–H and O–H groups in total. The van der Waals surface area contributed by atoms with Crippen LogP contribution in [0.3, 0.4) is 0 Å². The summed E-state index contributed by atoms with van der Waals surface area (Å²) in [5, 5.41) is 0. The molecule has 1 saturated carbocycles. The SMILES string of the molecule is Nc1ccc(S(=O)(=O)O)c(C2CCC(c3cc(N)ccc3S(=O)(=O)O)CC2)c1. The van der Waals surface area contributed by atoms with Gasteiger partial charge in [0.25, 0.3) is 20.2 Å². The molecule has 10 heteroatoms. The van der Waals surface area contributed by atoms with E-state index in [0.29, 0.717) is 48.2 Å². The van der Waals surface area contributed by atoms with Crippen LogP contribution in [0.4, 0.5) is 11.4 Å². The maximum Gasteiger partial charge on any atom is 0.294 e. The smallest absolute Gasteiger partial charge is 0.294 e. The molecule has 0 heterocycles. The zero-order valence-electron chi connectivity index (χ0n) is 14.9. The van der Waals surface area contributed by atoms with E-state index in [1.165, 1.54) is 24.3 Å². The number of hydrogen-bond acceptors (Lipinski definition) is 6. The summed E-state index contributed by atoms with van der Waals surface area (Å²) in [5.41, 5.74) is 13.3. The molecule has 0 spiro atoms. The lowest BCUT2D eigenvalue weighted by Crippen LogP contribution is -2.17. The van der Waals surface area contributed by atoms with Crippen LogP contribution in [0.1, 0.15) is 48.6 Å². The van der Waals surface area contributed by atoms with Gasteiger partial charge in [0.2, 0.25) is 0 Å². The molecule has 0 aromatic heterocycles. The summed E-state index contributed by atoms with van der Waals surface area (Å²) in [6.45, 7) is 0. The lowest BCUT2D eigenvalue weighted by molar-refractivity contribution is 0.386. The molecule has 0 bridgehead atoms. The Labute approximate surface area is 164 Å². The normalized spacial score (nSPS) is 20.8. The summed E-state index contributed by atoms with van der Waals surface area (Å²) in [6.07, 6.45) is 2.26. The number of rotatable bonds is 4. The van der Waals surface area contributed by atoms with Crippen molar-refractivity contribution < 1.29 is 25.9 Å². The predicted octanol–water partition coefficient (Wildman–Crippen LogP) is 2.79. The molecule has 0 atom stereocenters. The zero-order valence-corrected chi connectivity index (χ0v) is 16.6. The highest BCUT2D eigenvalue weighted by atomic mass is 32.2. The van der Waals surface area contributed by atoms with Crippen LogP contribution in [0.25, 0.3) is 0 Å². The van der Waals surface area contributed by atoms with Crippen molar-refractivity contribution in [2.24, 2.45) is 0 Å². The van der Waals surface area contributed by atoms with Crippen molar-refractivity contribution in [1.29, 1.82) is 0 Å². The van der Waals surface area contributed by atoms with Crippen LogP contribution in [0.5, 0.6) is 0 Å². The van der Waals surface area contributed by atoms with E-state index in [-0.39, 0.29) is 21.6 Å². The monoisotopic (exact) mass is 426 g/mol. The maximum absolute atomic E-state index is 11.7. The van der Waals surface area contributed by atoms with Gasteiger partial charge in [-0.15, -0.1) is 0 Å². The van der Waals surface area contributed by atoms with E-state index in [4.69, 9.17) is 11.5 Å². The number of nitrogen functional groups attached to an aromatic ring is 2. The first-order valence-corrected chi connectivity index (χ1v) is 11.6. The Bertz CT molecular complexity index is 1020. The molecule has 2 aromatic carbocycles. The van der Waals surface area contributed by atoms with Crippen molar-refractivity contribution in [3.63, 3.8) is 0 Å². The van der Waals surface area contributed by atoms with Crippen molar-refractivity contribution in [2.45, 2.75) is 47.3 Å². The molecule has 0 amide bonds. The van der Waals surface area contributed by atoms with Crippen LogP contribution < -0.4 is 11.5 Å². The van der Waals surface area contributed by atoms with Gasteiger partial charge in [-0.05, 0) is 85.0 Å². The van der Waals surface area contributed by atoms with Gasteiger partial charge < -0.3 is 11.5 Å². The second-order valence-corrected chi connectivity index (χ2v) is 9.87. The van der Waals surface area contributed by atoms with Gasteiger partial charge in [0.15, 0.2) is 0 Å². The van der Waals surface area contributed by atoms with E-state index in [9.17, 15) is 25.9 Å². The van der Waals surface area contributed by atoms with Gasteiger partial charge >= 0.3 is 0 Å². The summed E-state index contributed by atoms with van der Waals surface area (Å²) >= 11 is 0. The Kier molecular flexibility index (Phi) is 5.41. The number of hydrogen-bond donors (Lipinski definition) is 4. The third-order valence-electron chi connectivity index (χ3n) is 5.23. The first-order chi connectivity index (χ1) is 13.0. The first-order valence-electron chi connectivity index (χ1n) is 8.70. The molecule has 8 nitrogen and oxygen atoms in total. The summed E-state index contributed by atoms with van der Waals surface area (Å²) in [6, 6.07) is 8.53. The third-order valence-corrected chi connectivity index (χ3v) is 7.09. The molecule has 0 aliphatic heterocycles. The molecule has 152 valence electrons. The lowest BCUT2D eigenvalue weighted by atomic mass is 9.76. The van der Waals surface area contributed by atoms with Crippen molar-refractivity contribution in [3.8, 4) is 0 Å². The quantitative estimate of drug-likeness (QED) is 0.428. The highest BCUT2D eigenvalue weighted by Gasteiger charge is 2.30. The summed E-state index contributed by atoms with van der Waals surface area (Å²) in [5.74, 6) is -0.293. The van der Waals surface area contributed by atoms with Crippen LogP contribution in [0.15, 0.2) is 46.2 Å². The molecule has 3 rings (SSSR count). The standard InChI is InChI=1S/C18H22N2O6S2/c19-13-5-7-17(27(21,22)23)15(9-13)11-1-2-12(4-3-11)16-10-14(20)6-8-18(16)28(24,25)26/h5-12H,1-4,19-20H2,(H,21,22,23)(H,24,25,26). The minimum Gasteiger partial charge on any atom is -0.399 e. The van der Waals surface area contributed by atoms with Crippen molar-refractivity contribution >= 4 is 31.6 Å². The molecule has 28 heavy (non-hydrogen) atoms. The number of nitrogens with two attached hydrogens (primary N) is 2. The van der Waals surface area contributed by atoms with Crippen LogP contribution in [0.2, 0.25) is 0 Å². The lowest BCUT2D eigenvalue weighted by Gasteiger charge is -2.30. The largest absolute Gasteiger partial charge is 0.399 e. The van der Waals surface area contributed by atoms with E-state index < -0.39 is 20.2 Å². The van der Waals surface area contributed by atoms with Crippen LogP contribution >= 0.6 is 0 Å². The van der Waals surface area contributed by atoms with Crippen molar-refractivity contribution in [2.75, 3.05) is 11.5 Å². The highest BCUT2D eigenvalue weighted by Crippen LogP contribution is 2.44. The maximum atomic E-state index is 11.7. The minimum absolute atomic E-state index is 0.146. The second kappa shape index (κ2) is 7.36. The van der Waals surface area contributed by atoms with Gasteiger partial charge in [0, 0.05) is 11.4 Å². The zero-order chi connectivity index (χ0) is 20.7. The van der Waals surface area contributed by atoms with Gasteiger partial charge in [0.1, 0.15) is 0 Å². The fourth-order valence-corrected chi connectivity index (χ4v) is 5.48. The van der Waals surface area contributed by atoms with E-state index >= 15 is 0 Å². The molecular formula is C18H22N2O6S2. The molecule has 0 radical (unpaired) electrons. The fourth-order valence-electron chi connectivity index (χ4n) is 3.96. The van der Waals surface area contributed by atoms with Crippen molar-refractivity contribution in [3.05, 3.63) is 47.5 Å². The molecule has 0 saturated heterocycles. The predicted molar refractivity (Wildman–Crippen MR) is 105 cm³/mol. The number of anilines is 2. The molecule has 0 unspecified atom stereocenters. The van der Waals surface area contributed by atoms with Gasteiger partial charge in [-0.2, -0.15) is 16.8 Å². The number of benzene rings is 2. The second-order valence-electron chi connectivity index (χ2n) is 7.09. The average Bonchev–Trinajstić information content (AvgIpc) is 2.59. The van der Waals surface area contributed by atoms with Gasteiger partial charge in [0.05, 0.1) is 9.79 Å². The third kappa shape index (κ3) is 4.30. The highest BCUT2D eigenvalue weighted by molar-refractivity contribution is 7.86. The van der Waals surface area contributed by atoms with Gasteiger partial charge in [-0.1, -0.05) is 0 Å². The molecule has 1 aliphatic rings. The fraction of sp³-hybridized carbons (Fsp3) is 0.333. The molecule has 1 aliphatic carbocycles. The Morgan fingerprint density at radius 2 is 1.00 bits per heavy atom. The minimum atomic E-state index is -4.38. The topological polar surface area (TPSA) is 161 Å². The average molecular weight is 427 g/mol. The summed E-state index contributed by atoms with van der Waals surface area (Å²) in [7, 11) is -8.76. The summed E-state index contributed by atoms with van der Waals surface area (Å²) < 4.78 is 65.8. The van der Waals surface area contributed by atoms with Gasteiger partial charge in [-0.3, -0.25) is 9.11 Å². The molecule has 1 fully saturated rings. The van der Waals surface area contributed by atoms with E-state index in [2.05, 4.69) is 0 Å². The van der Waals surface area contributed by atoms with E-state index in [1.54, 1.807) is 12.1 Å². The van der Waals surface area contributed by atoms with Crippen molar-refractivity contribution in [1.82, 2.24) is 0 Å². The van der Waals surface area contributed by atoms with E-state index in [0.717, 1.165) is 0 Å². The Balaban J connectivity index is 1.90. The van der Waals surface area contributed by atoms with E-state index in [1.807, 2.05) is 0 Å². The summed E-state index contributed by atoms with van der Waals surface area (Å²) in [4.78, 5) is -0.319. The molecular weight excluding hydrogens is 404 g/mol. The van der Waals surface area contributed by atoms with Crippen LogP contribution in [-0.4, -0.2) is 25.9 Å². The van der Waals surface area contributed by atoms with Crippen LogP contribution in [-0.2, 0) is 20.2 Å². The Hall–Kier alpha value is -2.14. The first kappa shape index (κ1) is 20.6.